The molecule has 0 unspecified atom stereocenters. The summed E-state index contributed by atoms with van der Waals surface area (Å²) in [6.07, 6.45) is 0.389. The lowest BCUT2D eigenvalue weighted by Crippen LogP contribution is -2.50. The highest BCUT2D eigenvalue weighted by atomic mass is 15.5. The maximum Gasteiger partial charge on any atom is 0.118 e. The third-order valence-corrected chi connectivity index (χ3v) is 4.93. The summed E-state index contributed by atoms with van der Waals surface area (Å²) in [5.74, 6) is 0. The van der Waals surface area contributed by atoms with Gasteiger partial charge in [0.1, 0.15) is 6.29 Å². The van der Waals surface area contributed by atoms with E-state index >= 15 is 0 Å². The molecule has 0 radical (unpaired) electrons. The van der Waals surface area contributed by atoms with Crippen LogP contribution in [-0.4, -0.2) is 298 Å². The van der Waals surface area contributed by atoms with E-state index in [1.165, 1.54) is 0 Å². The maximum atomic E-state index is 2.38. The lowest BCUT2D eigenvalue weighted by atomic mass is 10.6. The highest BCUT2D eigenvalue weighted by Gasteiger charge is 2.14. The van der Waals surface area contributed by atoms with Gasteiger partial charge in [-0.1, -0.05) is 22.3 Å². The van der Waals surface area contributed by atoms with Crippen LogP contribution in [0.25, 0.3) is 0 Å². The lowest BCUT2D eigenvalue weighted by molar-refractivity contribution is 0.00961. The largest absolute Gasteiger partial charge is 0.312 e. The summed E-state index contributed by atoms with van der Waals surface area (Å²) in [7, 11) is 51.8. The van der Waals surface area contributed by atoms with Crippen LogP contribution in [0, 0.1) is 0 Å². The topological polar surface area (TPSA) is 45.4 Å². The Hall–Kier alpha value is -0.560. The zero-order chi connectivity index (χ0) is 38.6. The van der Waals surface area contributed by atoms with Crippen molar-refractivity contribution in [2.75, 3.05) is 223 Å². The molecule has 0 bridgehead atoms. The molecule has 0 aliphatic heterocycles. The Labute approximate surface area is 319 Å². The van der Waals surface area contributed by atoms with Gasteiger partial charge in [0.15, 0.2) is 0 Å². The molecular formula is C36H102N14. The summed E-state index contributed by atoms with van der Waals surface area (Å²) in [6, 6.07) is 0. The highest BCUT2D eigenvalue weighted by Crippen LogP contribution is 1.98. The van der Waals surface area contributed by atoms with Crippen molar-refractivity contribution in [1.29, 1.82) is 0 Å². The van der Waals surface area contributed by atoms with E-state index < -0.39 is 0 Å². The number of rotatable bonds is 17. The quantitative estimate of drug-likeness (QED) is 0.205. The third-order valence-electron chi connectivity index (χ3n) is 4.93. The van der Waals surface area contributed by atoms with Crippen LogP contribution in [0.4, 0.5) is 0 Å². The molecule has 0 atom stereocenters. The molecule has 0 heterocycles. The Bertz CT molecular complexity index is 548. The minimum atomic E-state index is 0. The summed E-state index contributed by atoms with van der Waals surface area (Å²) >= 11 is 0. The lowest BCUT2D eigenvalue weighted by Gasteiger charge is -2.35. The fourth-order valence-electron chi connectivity index (χ4n) is 4.75. The molecule has 50 heavy (non-hydrogen) atoms. The van der Waals surface area contributed by atoms with Gasteiger partial charge in [0.25, 0.3) is 0 Å². The third kappa shape index (κ3) is 65.8. The molecule has 0 aliphatic rings. The number of hydrogen-bond donors (Lipinski definition) is 0. The van der Waals surface area contributed by atoms with Gasteiger partial charge in [-0.25, -0.2) is 0 Å². The van der Waals surface area contributed by atoms with Gasteiger partial charge in [-0.3, -0.25) is 63.7 Å². The first-order valence-corrected chi connectivity index (χ1v) is 16.4. The highest BCUT2D eigenvalue weighted by molar-refractivity contribution is 4.58. The molecule has 0 aromatic rings. The van der Waals surface area contributed by atoms with Crippen molar-refractivity contribution in [2.45, 2.75) is 28.6 Å². The standard InChI is InChI=1S/2C9H24N4.C7H19N3.C5H14N2.C3H9N.3CH4/c1-10(2)7-12(5)9-13(6)8-11(3)4;1-10(2)7-13(8-11(3)4)9-12(5)6;1-8(2)7(9(3)4)10(5)6;1-6(2)5-7(3)4;1-4(2)3;;;/h2*7-9H2,1-6H3;7H,1-6H3;5H2,1-4H3;1-3H3;3*1H4. The smallest absolute Gasteiger partial charge is 0.118 e. The van der Waals surface area contributed by atoms with Crippen molar-refractivity contribution in [3.63, 3.8) is 0 Å². The zero-order valence-electron chi connectivity index (χ0n) is 36.8. The fraction of sp³-hybridized carbons (Fsp3) is 1.00. The van der Waals surface area contributed by atoms with Crippen molar-refractivity contribution in [1.82, 2.24) is 68.6 Å². The van der Waals surface area contributed by atoms with E-state index in [0.717, 1.165) is 46.7 Å². The summed E-state index contributed by atoms with van der Waals surface area (Å²) in [5.41, 5.74) is 0. The van der Waals surface area contributed by atoms with E-state index in [9.17, 15) is 0 Å². The number of nitrogens with zero attached hydrogens (tertiary/aromatic N) is 14. The second-order valence-corrected chi connectivity index (χ2v) is 15.5. The van der Waals surface area contributed by atoms with E-state index in [2.05, 4.69) is 219 Å². The molecule has 14 nitrogen and oxygen atoms in total. The molecule has 316 valence electrons. The summed E-state index contributed by atoms with van der Waals surface area (Å²) in [6.45, 7) is 7.01. The van der Waals surface area contributed by atoms with Gasteiger partial charge >= 0.3 is 0 Å². The molecule has 0 aliphatic carbocycles. The summed E-state index contributed by atoms with van der Waals surface area (Å²) < 4.78 is 0. The Morgan fingerprint density at radius 2 is 0.440 bits per heavy atom. The molecule has 0 spiro atoms. The van der Waals surface area contributed by atoms with Crippen LogP contribution in [0.5, 0.6) is 0 Å². The predicted molar refractivity (Wildman–Crippen MR) is 232 cm³/mol. The average Bonchev–Trinajstić information content (AvgIpc) is 2.75. The number of hydrogen-bond acceptors (Lipinski definition) is 14. The summed E-state index contributed by atoms with van der Waals surface area (Å²) in [4.78, 5) is 30.6. The predicted octanol–water partition coefficient (Wildman–Crippen LogP) is 1.80. The molecule has 0 aromatic carbocycles. The van der Waals surface area contributed by atoms with E-state index in [1.54, 1.807) is 0 Å². The Kier molecular flexibility index (Phi) is 55.7. The molecule has 0 amide bonds. The molecular weight excluding hydrogens is 628 g/mol. The van der Waals surface area contributed by atoms with Crippen LogP contribution in [0.1, 0.15) is 22.3 Å². The molecule has 0 N–H and O–H groups in total. The maximum absolute atomic E-state index is 2.38. The Morgan fingerprint density at radius 3 is 0.540 bits per heavy atom. The fourth-order valence-corrected chi connectivity index (χ4v) is 4.75. The van der Waals surface area contributed by atoms with E-state index in [4.69, 9.17) is 0 Å². The normalized spacial score (nSPS) is 11.3. The molecule has 0 fully saturated rings. The van der Waals surface area contributed by atoms with Gasteiger partial charge in [-0.15, -0.1) is 0 Å². The van der Waals surface area contributed by atoms with Crippen LogP contribution >= 0.6 is 0 Å². The minimum absolute atomic E-state index is 0. The first-order chi connectivity index (χ1) is 21.1. The van der Waals surface area contributed by atoms with Crippen molar-refractivity contribution in [3.05, 3.63) is 0 Å². The SMILES string of the molecule is C.C.C.CN(C)C.CN(C)C(N(C)C)N(C)C.CN(C)CN(C)C.CN(C)CN(C)CN(C)CN(C)C.CN(C)CN(CN(C)C)CN(C)C. The van der Waals surface area contributed by atoms with Crippen LogP contribution < -0.4 is 0 Å². The van der Waals surface area contributed by atoms with Crippen molar-refractivity contribution in [2.24, 2.45) is 0 Å². The molecule has 0 saturated carbocycles. The molecule has 0 saturated heterocycles. The van der Waals surface area contributed by atoms with E-state index in [1.807, 2.05) is 26.0 Å². The van der Waals surface area contributed by atoms with Gasteiger partial charge in [-0.05, 0) is 176 Å². The summed E-state index contributed by atoms with van der Waals surface area (Å²) in [5, 5.41) is 0. The first-order valence-electron chi connectivity index (χ1n) is 16.4. The van der Waals surface area contributed by atoms with Gasteiger partial charge in [0.05, 0.1) is 40.0 Å². The van der Waals surface area contributed by atoms with Gasteiger partial charge < -0.3 is 4.90 Å². The molecule has 0 rings (SSSR count). The van der Waals surface area contributed by atoms with Crippen LogP contribution in [0.3, 0.4) is 0 Å². The van der Waals surface area contributed by atoms with Crippen molar-refractivity contribution < 1.29 is 0 Å². The Morgan fingerprint density at radius 1 is 0.260 bits per heavy atom. The monoisotopic (exact) mass is 731 g/mol. The van der Waals surface area contributed by atoms with Gasteiger partial charge in [-0.2, -0.15) is 0 Å². The van der Waals surface area contributed by atoms with Crippen LogP contribution in [0.2, 0.25) is 0 Å². The molecule has 0 aromatic heterocycles. The molecule has 14 heteroatoms. The Balaban J connectivity index is -0.0000000755. The zero-order valence-corrected chi connectivity index (χ0v) is 36.8. The minimum Gasteiger partial charge on any atom is -0.312 e. The average molecular weight is 731 g/mol. The second-order valence-electron chi connectivity index (χ2n) is 15.5. The van der Waals surface area contributed by atoms with E-state index in [-0.39, 0.29) is 22.3 Å². The van der Waals surface area contributed by atoms with Gasteiger partial charge in [0, 0.05) is 6.67 Å². The van der Waals surface area contributed by atoms with E-state index in [0.29, 0.717) is 6.29 Å². The second kappa shape index (κ2) is 41.2. The van der Waals surface area contributed by atoms with Gasteiger partial charge in [0.2, 0.25) is 0 Å². The van der Waals surface area contributed by atoms with Crippen LogP contribution in [0.15, 0.2) is 0 Å². The van der Waals surface area contributed by atoms with Crippen molar-refractivity contribution in [3.8, 4) is 0 Å². The van der Waals surface area contributed by atoms with Crippen molar-refractivity contribution >= 4 is 0 Å². The first kappa shape index (κ1) is 67.6. The van der Waals surface area contributed by atoms with Crippen LogP contribution in [-0.2, 0) is 0 Å².